The Morgan fingerprint density at radius 2 is 2.16 bits per heavy atom. The van der Waals surface area contributed by atoms with Gasteiger partial charge in [-0.2, -0.15) is 0 Å². The minimum atomic E-state index is -0.0447. The normalized spacial score (nSPS) is 10.5. The van der Waals surface area contributed by atoms with E-state index in [1.807, 2.05) is 17.8 Å². The molecule has 1 heterocycles. The van der Waals surface area contributed by atoms with Crippen LogP contribution < -0.4 is 5.73 Å². The van der Waals surface area contributed by atoms with Crippen molar-refractivity contribution < 1.29 is 4.79 Å². The molecule has 0 aliphatic rings. The predicted octanol–water partition coefficient (Wildman–Crippen LogP) is 1.86. The number of nitrogen functional groups attached to an aromatic ring is 1. The van der Waals surface area contributed by atoms with E-state index in [4.69, 9.17) is 5.73 Å². The standard InChI is InChI=1S/C13H16N4OS/c1-16(2)12(18)10-5-4-9(14)8-11(10)19-13-15-6-7-17(13)3/h4-8H,14H2,1-3H3. The summed E-state index contributed by atoms with van der Waals surface area (Å²) >= 11 is 1.43. The molecule has 0 atom stereocenters. The third-order valence-electron chi connectivity index (χ3n) is 2.62. The summed E-state index contributed by atoms with van der Waals surface area (Å²) in [6.07, 6.45) is 3.59. The molecule has 0 unspecified atom stereocenters. The SMILES string of the molecule is CN(C)C(=O)c1ccc(N)cc1Sc1nccn1C. The molecule has 6 heteroatoms. The van der Waals surface area contributed by atoms with Crippen molar-refractivity contribution in [1.82, 2.24) is 14.5 Å². The molecule has 19 heavy (non-hydrogen) atoms. The first-order chi connectivity index (χ1) is 8.99. The summed E-state index contributed by atoms with van der Waals surface area (Å²) in [7, 11) is 5.37. The number of nitrogens with two attached hydrogens (primary N) is 1. The number of carbonyl (C=O) groups is 1. The number of aryl methyl sites for hydroxylation is 1. The molecule has 1 aromatic carbocycles. The van der Waals surface area contributed by atoms with Gasteiger partial charge in [-0.1, -0.05) is 11.8 Å². The van der Waals surface area contributed by atoms with Crippen LogP contribution in [-0.4, -0.2) is 34.5 Å². The van der Waals surface area contributed by atoms with Crippen LogP contribution in [0, 0.1) is 0 Å². The first kappa shape index (κ1) is 13.5. The summed E-state index contributed by atoms with van der Waals surface area (Å²) in [4.78, 5) is 18.7. The average Bonchev–Trinajstić information content (AvgIpc) is 2.74. The summed E-state index contributed by atoms with van der Waals surface area (Å²) in [5.41, 5.74) is 7.07. The molecule has 0 radical (unpaired) electrons. The van der Waals surface area contributed by atoms with Gasteiger partial charge in [0.15, 0.2) is 5.16 Å². The minimum Gasteiger partial charge on any atom is -0.399 e. The largest absolute Gasteiger partial charge is 0.399 e. The highest BCUT2D eigenvalue weighted by molar-refractivity contribution is 7.99. The number of anilines is 1. The Labute approximate surface area is 116 Å². The van der Waals surface area contributed by atoms with Gasteiger partial charge in [0.2, 0.25) is 0 Å². The number of aromatic nitrogens is 2. The lowest BCUT2D eigenvalue weighted by Gasteiger charge is -2.14. The van der Waals surface area contributed by atoms with Gasteiger partial charge >= 0.3 is 0 Å². The maximum atomic E-state index is 12.1. The first-order valence-electron chi connectivity index (χ1n) is 5.75. The summed E-state index contributed by atoms with van der Waals surface area (Å²) in [6, 6.07) is 5.29. The topological polar surface area (TPSA) is 64.2 Å². The van der Waals surface area contributed by atoms with Crippen molar-refractivity contribution in [2.24, 2.45) is 7.05 Å². The van der Waals surface area contributed by atoms with Crippen LogP contribution in [0.5, 0.6) is 0 Å². The number of carbonyl (C=O) groups excluding carboxylic acids is 1. The molecule has 2 N–H and O–H groups in total. The summed E-state index contributed by atoms with van der Waals surface area (Å²) in [6.45, 7) is 0. The van der Waals surface area contributed by atoms with Crippen molar-refractivity contribution in [3.63, 3.8) is 0 Å². The molecule has 5 nitrogen and oxygen atoms in total. The molecule has 0 aliphatic heterocycles. The Kier molecular flexibility index (Phi) is 3.80. The fourth-order valence-electron chi connectivity index (χ4n) is 1.59. The molecular formula is C13H16N4OS. The van der Waals surface area contributed by atoms with Gasteiger partial charge in [-0.3, -0.25) is 4.79 Å². The van der Waals surface area contributed by atoms with E-state index in [1.165, 1.54) is 11.8 Å². The number of benzene rings is 1. The molecular weight excluding hydrogens is 260 g/mol. The number of nitrogens with zero attached hydrogens (tertiary/aromatic N) is 3. The Bertz CT molecular complexity index is 606. The van der Waals surface area contributed by atoms with E-state index in [9.17, 15) is 4.79 Å². The number of hydrogen-bond acceptors (Lipinski definition) is 4. The minimum absolute atomic E-state index is 0.0447. The Hall–Kier alpha value is -1.95. The van der Waals surface area contributed by atoms with Crippen LogP contribution in [0.15, 0.2) is 40.6 Å². The molecule has 0 spiro atoms. The quantitative estimate of drug-likeness (QED) is 0.869. The number of imidazole rings is 1. The van der Waals surface area contributed by atoms with E-state index in [2.05, 4.69) is 4.98 Å². The van der Waals surface area contributed by atoms with Crippen molar-refractivity contribution in [2.45, 2.75) is 10.1 Å². The molecule has 0 fully saturated rings. The molecule has 2 rings (SSSR count). The van der Waals surface area contributed by atoms with Crippen LogP contribution in [0.1, 0.15) is 10.4 Å². The molecule has 0 saturated heterocycles. The van der Waals surface area contributed by atoms with Gasteiger partial charge in [0.1, 0.15) is 0 Å². The van der Waals surface area contributed by atoms with E-state index in [0.717, 1.165) is 10.1 Å². The van der Waals surface area contributed by atoms with Crippen molar-refractivity contribution in [2.75, 3.05) is 19.8 Å². The zero-order valence-electron chi connectivity index (χ0n) is 11.1. The van der Waals surface area contributed by atoms with Gasteiger partial charge < -0.3 is 15.2 Å². The summed E-state index contributed by atoms with van der Waals surface area (Å²) in [5, 5.41) is 0.818. The van der Waals surface area contributed by atoms with Gasteiger partial charge in [0.05, 0.1) is 5.56 Å². The van der Waals surface area contributed by atoms with Crippen LogP contribution in [0.3, 0.4) is 0 Å². The fraction of sp³-hybridized carbons (Fsp3) is 0.231. The smallest absolute Gasteiger partial charge is 0.254 e. The van der Waals surface area contributed by atoms with E-state index >= 15 is 0 Å². The monoisotopic (exact) mass is 276 g/mol. The zero-order chi connectivity index (χ0) is 14.0. The Balaban J connectivity index is 2.41. The molecule has 1 amide bonds. The van der Waals surface area contributed by atoms with Crippen LogP contribution in [0.2, 0.25) is 0 Å². The van der Waals surface area contributed by atoms with Crippen LogP contribution in [0.4, 0.5) is 5.69 Å². The van der Waals surface area contributed by atoms with Gasteiger partial charge in [-0.25, -0.2) is 4.98 Å². The average molecular weight is 276 g/mol. The van der Waals surface area contributed by atoms with E-state index in [-0.39, 0.29) is 5.91 Å². The Morgan fingerprint density at radius 3 is 2.74 bits per heavy atom. The lowest BCUT2D eigenvalue weighted by Crippen LogP contribution is -2.22. The fourth-order valence-corrected chi connectivity index (χ4v) is 2.57. The van der Waals surface area contributed by atoms with Crippen LogP contribution in [0.25, 0.3) is 0 Å². The van der Waals surface area contributed by atoms with Crippen LogP contribution in [-0.2, 0) is 7.05 Å². The highest BCUT2D eigenvalue weighted by Gasteiger charge is 2.15. The van der Waals surface area contributed by atoms with Gasteiger partial charge in [0.25, 0.3) is 5.91 Å². The molecule has 100 valence electrons. The highest BCUT2D eigenvalue weighted by Crippen LogP contribution is 2.31. The second-order valence-electron chi connectivity index (χ2n) is 4.38. The zero-order valence-corrected chi connectivity index (χ0v) is 11.9. The van der Waals surface area contributed by atoms with Gasteiger partial charge in [0, 0.05) is 44.1 Å². The third-order valence-corrected chi connectivity index (χ3v) is 3.75. The third kappa shape index (κ3) is 2.90. The summed E-state index contributed by atoms with van der Waals surface area (Å²) in [5.74, 6) is -0.0447. The second-order valence-corrected chi connectivity index (χ2v) is 5.39. The van der Waals surface area contributed by atoms with Crippen LogP contribution >= 0.6 is 11.8 Å². The molecule has 0 bridgehead atoms. The first-order valence-corrected chi connectivity index (χ1v) is 6.57. The number of rotatable bonds is 3. The maximum absolute atomic E-state index is 12.1. The lowest BCUT2D eigenvalue weighted by molar-refractivity contribution is 0.0824. The van der Waals surface area contributed by atoms with Gasteiger partial charge in [-0.05, 0) is 18.2 Å². The number of amides is 1. The van der Waals surface area contributed by atoms with Crippen molar-refractivity contribution in [1.29, 1.82) is 0 Å². The highest BCUT2D eigenvalue weighted by atomic mass is 32.2. The number of hydrogen-bond donors (Lipinski definition) is 1. The molecule has 1 aromatic heterocycles. The second kappa shape index (κ2) is 5.36. The molecule has 0 aliphatic carbocycles. The van der Waals surface area contributed by atoms with Gasteiger partial charge in [-0.15, -0.1) is 0 Å². The van der Waals surface area contributed by atoms with Crippen molar-refractivity contribution >= 4 is 23.4 Å². The molecule has 0 saturated carbocycles. The Morgan fingerprint density at radius 1 is 1.42 bits per heavy atom. The van der Waals surface area contributed by atoms with Crippen molar-refractivity contribution in [3.8, 4) is 0 Å². The lowest BCUT2D eigenvalue weighted by atomic mass is 10.2. The maximum Gasteiger partial charge on any atom is 0.254 e. The predicted molar refractivity (Wildman–Crippen MR) is 76.2 cm³/mol. The molecule has 2 aromatic rings. The summed E-state index contributed by atoms with van der Waals surface area (Å²) < 4.78 is 1.90. The van der Waals surface area contributed by atoms with E-state index in [0.29, 0.717) is 11.3 Å². The van der Waals surface area contributed by atoms with E-state index in [1.54, 1.807) is 43.4 Å². The van der Waals surface area contributed by atoms with E-state index < -0.39 is 0 Å². The van der Waals surface area contributed by atoms with Crippen molar-refractivity contribution in [3.05, 3.63) is 36.2 Å².